The van der Waals surface area contributed by atoms with Crippen LogP contribution in [-0.2, 0) is 0 Å². The molecule has 0 saturated heterocycles. The second-order valence-electron chi connectivity index (χ2n) is 6.03. The number of fused-ring (bicyclic) bond motifs is 4. The Hall–Kier alpha value is -3.54. The van der Waals surface area contributed by atoms with Crippen LogP contribution in [0.25, 0.3) is 21.8 Å². The third-order valence-corrected chi connectivity index (χ3v) is 4.55. The van der Waals surface area contributed by atoms with E-state index in [1.165, 1.54) is 0 Å². The average Bonchev–Trinajstić information content (AvgIpc) is 2.99. The highest BCUT2D eigenvalue weighted by molar-refractivity contribution is 5.96. The molecule has 122 valence electrons. The first-order valence-electron chi connectivity index (χ1n) is 8.00. The first-order valence-corrected chi connectivity index (χ1v) is 8.00. The number of nitrogens with zero attached hydrogens (tertiary/aromatic N) is 3. The summed E-state index contributed by atoms with van der Waals surface area (Å²) in [5.74, 6) is 1.08. The number of aromatic nitrogens is 2. The van der Waals surface area contributed by atoms with Gasteiger partial charge in [0, 0.05) is 5.56 Å². The van der Waals surface area contributed by atoms with E-state index in [1.807, 2.05) is 59.2 Å². The second kappa shape index (κ2) is 4.98. The molecule has 0 saturated carbocycles. The van der Waals surface area contributed by atoms with E-state index >= 15 is 0 Å². The lowest BCUT2D eigenvalue weighted by Crippen LogP contribution is -2.31. The number of guanidine groups is 1. The molecule has 1 aliphatic heterocycles. The predicted molar refractivity (Wildman–Crippen MR) is 98.7 cm³/mol. The van der Waals surface area contributed by atoms with Crippen molar-refractivity contribution in [3.63, 3.8) is 0 Å². The van der Waals surface area contributed by atoms with Crippen LogP contribution in [0, 0.1) is 0 Å². The minimum atomic E-state index is -0.491. The zero-order valence-corrected chi connectivity index (χ0v) is 13.2. The third-order valence-electron chi connectivity index (χ3n) is 4.55. The fraction of sp³-hybridized carbons (Fsp3) is 0.0526. The van der Waals surface area contributed by atoms with Crippen molar-refractivity contribution in [2.24, 2.45) is 10.7 Å². The van der Waals surface area contributed by atoms with Crippen molar-refractivity contribution in [3.8, 4) is 5.75 Å². The van der Waals surface area contributed by atoms with Crippen LogP contribution >= 0.6 is 0 Å². The number of benzene rings is 3. The lowest BCUT2D eigenvalue weighted by Gasteiger charge is -2.25. The summed E-state index contributed by atoms with van der Waals surface area (Å²) in [6.07, 6.45) is -0.491. The summed E-state index contributed by atoms with van der Waals surface area (Å²) in [6, 6.07) is 19.3. The SMILES string of the molecule is NC1=N[C@H](c2c(O)ccc3ccccc23)n2c(nc3ccccc32)N1. The van der Waals surface area contributed by atoms with E-state index in [0.29, 0.717) is 11.5 Å². The van der Waals surface area contributed by atoms with Crippen LogP contribution in [0.4, 0.5) is 5.95 Å². The number of hydrogen-bond acceptors (Lipinski definition) is 5. The summed E-state index contributed by atoms with van der Waals surface area (Å²) in [5.41, 5.74) is 8.49. The van der Waals surface area contributed by atoms with Gasteiger partial charge >= 0.3 is 0 Å². The normalized spacial score (nSPS) is 16.5. The van der Waals surface area contributed by atoms with Crippen molar-refractivity contribution in [2.75, 3.05) is 5.32 Å². The fourth-order valence-corrected chi connectivity index (χ4v) is 3.47. The molecule has 1 aliphatic rings. The number of aromatic hydroxyl groups is 1. The first-order chi connectivity index (χ1) is 12.2. The number of para-hydroxylation sites is 2. The molecule has 6 heteroatoms. The predicted octanol–water partition coefficient (Wildman–Crippen LogP) is 3.18. The monoisotopic (exact) mass is 329 g/mol. The van der Waals surface area contributed by atoms with Crippen molar-refractivity contribution in [1.82, 2.24) is 9.55 Å². The summed E-state index contributed by atoms with van der Waals surface area (Å²) in [4.78, 5) is 9.17. The summed E-state index contributed by atoms with van der Waals surface area (Å²) in [6.45, 7) is 0. The topological polar surface area (TPSA) is 88.5 Å². The van der Waals surface area contributed by atoms with Gasteiger partial charge in [0.25, 0.3) is 0 Å². The van der Waals surface area contributed by atoms with Crippen LogP contribution in [0.5, 0.6) is 5.75 Å². The van der Waals surface area contributed by atoms with E-state index in [0.717, 1.165) is 21.8 Å². The Labute approximate surface area is 143 Å². The van der Waals surface area contributed by atoms with Gasteiger partial charge in [0.1, 0.15) is 5.75 Å². The molecule has 25 heavy (non-hydrogen) atoms. The molecule has 4 N–H and O–H groups in total. The van der Waals surface area contributed by atoms with Gasteiger partial charge < -0.3 is 10.8 Å². The minimum Gasteiger partial charge on any atom is -0.507 e. The van der Waals surface area contributed by atoms with Crippen LogP contribution in [-0.4, -0.2) is 20.6 Å². The molecule has 1 aromatic heterocycles. The van der Waals surface area contributed by atoms with E-state index in [-0.39, 0.29) is 11.7 Å². The molecular weight excluding hydrogens is 314 g/mol. The van der Waals surface area contributed by atoms with Gasteiger partial charge in [-0.1, -0.05) is 42.5 Å². The van der Waals surface area contributed by atoms with Crippen molar-refractivity contribution >= 4 is 33.7 Å². The molecule has 0 amide bonds. The number of nitrogens with one attached hydrogen (secondary N) is 1. The largest absolute Gasteiger partial charge is 0.507 e. The van der Waals surface area contributed by atoms with E-state index in [4.69, 9.17) is 5.73 Å². The molecule has 0 bridgehead atoms. The van der Waals surface area contributed by atoms with E-state index in [9.17, 15) is 5.11 Å². The lowest BCUT2D eigenvalue weighted by atomic mass is 10.0. The number of phenolic OH excluding ortho intramolecular Hbond substituents is 1. The fourth-order valence-electron chi connectivity index (χ4n) is 3.47. The van der Waals surface area contributed by atoms with Gasteiger partial charge in [0.05, 0.1) is 11.0 Å². The van der Waals surface area contributed by atoms with Gasteiger partial charge in [-0.2, -0.15) is 0 Å². The Kier molecular flexibility index (Phi) is 2.76. The van der Waals surface area contributed by atoms with Gasteiger partial charge in [-0.05, 0) is 29.0 Å². The van der Waals surface area contributed by atoms with Crippen LogP contribution < -0.4 is 11.1 Å². The molecule has 0 spiro atoms. The molecule has 0 radical (unpaired) electrons. The number of imidazole rings is 1. The molecule has 0 unspecified atom stereocenters. The van der Waals surface area contributed by atoms with E-state index in [1.54, 1.807) is 6.07 Å². The van der Waals surface area contributed by atoms with Crippen LogP contribution in [0.3, 0.4) is 0 Å². The number of nitrogens with two attached hydrogens (primary N) is 1. The number of rotatable bonds is 1. The zero-order valence-electron chi connectivity index (χ0n) is 13.2. The molecular formula is C19H15N5O. The molecule has 4 aromatic rings. The standard InChI is InChI=1S/C19H15N5O/c20-18-22-17(16-12-6-2-1-5-11(12)9-10-15(16)25)24-14-8-4-3-7-13(14)21-19(24)23-18/h1-10,17,25H,(H3,20,21,22,23)/t17-/m0/s1. The van der Waals surface area contributed by atoms with E-state index in [2.05, 4.69) is 15.3 Å². The highest BCUT2D eigenvalue weighted by Gasteiger charge is 2.28. The quantitative estimate of drug-likeness (QED) is 0.500. The van der Waals surface area contributed by atoms with Gasteiger partial charge in [-0.15, -0.1) is 0 Å². The Bertz CT molecular complexity index is 1160. The van der Waals surface area contributed by atoms with Gasteiger partial charge in [0.2, 0.25) is 5.95 Å². The molecule has 2 heterocycles. The summed E-state index contributed by atoms with van der Waals surface area (Å²) in [5, 5.41) is 15.6. The molecule has 0 aliphatic carbocycles. The second-order valence-corrected chi connectivity index (χ2v) is 6.03. The van der Waals surface area contributed by atoms with Crippen LogP contribution in [0.15, 0.2) is 65.7 Å². The highest BCUT2D eigenvalue weighted by atomic mass is 16.3. The maximum Gasteiger partial charge on any atom is 0.212 e. The number of aliphatic imine (C=N–C) groups is 1. The summed E-state index contributed by atoms with van der Waals surface area (Å²) < 4.78 is 1.97. The Morgan fingerprint density at radius 1 is 1.00 bits per heavy atom. The van der Waals surface area contributed by atoms with Crippen molar-refractivity contribution in [2.45, 2.75) is 6.17 Å². The Balaban J connectivity index is 1.86. The molecule has 6 nitrogen and oxygen atoms in total. The third kappa shape index (κ3) is 1.97. The van der Waals surface area contributed by atoms with Gasteiger partial charge in [0.15, 0.2) is 12.1 Å². The Morgan fingerprint density at radius 2 is 1.80 bits per heavy atom. The van der Waals surface area contributed by atoms with E-state index < -0.39 is 6.17 Å². The molecule has 3 aromatic carbocycles. The first kappa shape index (κ1) is 13.9. The summed E-state index contributed by atoms with van der Waals surface area (Å²) in [7, 11) is 0. The van der Waals surface area contributed by atoms with Crippen molar-refractivity contribution < 1.29 is 5.11 Å². The maximum absolute atomic E-state index is 10.6. The average molecular weight is 329 g/mol. The number of hydrogen-bond donors (Lipinski definition) is 3. The highest BCUT2D eigenvalue weighted by Crippen LogP contribution is 2.39. The van der Waals surface area contributed by atoms with Crippen LogP contribution in [0.2, 0.25) is 0 Å². The molecule has 5 rings (SSSR count). The zero-order chi connectivity index (χ0) is 17.0. The lowest BCUT2D eigenvalue weighted by molar-refractivity contribution is 0.458. The molecule has 0 fully saturated rings. The van der Waals surface area contributed by atoms with Crippen LogP contribution in [0.1, 0.15) is 11.7 Å². The van der Waals surface area contributed by atoms with Gasteiger partial charge in [-0.25, -0.2) is 9.98 Å². The minimum absolute atomic E-state index is 0.186. The smallest absolute Gasteiger partial charge is 0.212 e. The van der Waals surface area contributed by atoms with Gasteiger partial charge in [-0.3, -0.25) is 9.88 Å². The number of anilines is 1. The molecule has 1 atom stereocenters. The number of phenols is 1. The summed E-state index contributed by atoms with van der Waals surface area (Å²) >= 11 is 0. The Morgan fingerprint density at radius 3 is 2.72 bits per heavy atom. The van der Waals surface area contributed by atoms with Crippen molar-refractivity contribution in [1.29, 1.82) is 0 Å². The maximum atomic E-state index is 10.6. The van der Waals surface area contributed by atoms with Crippen molar-refractivity contribution in [3.05, 3.63) is 66.2 Å².